The molecular weight excluding hydrogens is 516 g/mol. The molecular formula is C36H20N6. The van der Waals surface area contributed by atoms with E-state index >= 15 is 0 Å². The van der Waals surface area contributed by atoms with Gasteiger partial charge in [0.2, 0.25) is 0 Å². The molecule has 5 heterocycles. The molecule has 0 radical (unpaired) electrons. The Hall–Kier alpha value is -5.88. The molecule has 194 valence electrons. The molecule has 0 unspecified atom stereocenters. The van der Waals surface area contributed by atoms with Crippen LogP contribution in [0.1, 0.15) is 0 Å². The highest BCUT2D eigenvalue weighted by atomic mass is 15.0. The van der Waals surface area contributed by atoms with E-state index in [0.29, 0.717) is 0 Å². The van der Waals surface area contributed by atoms with E-state index in [0.717, 1.165) is 60.9 Å². The lowest BCUT2D eigenvalue weighted by atomic mass is 10.0. The van der Waals surface area contributed by atoms with Crippen LogP contribution in [-0.2, 0) is 0 Å². The minimum absolute atomic E-state index is 0.867. The van der Waals surface area contributed by atoms with Crippen molar-refractivity contribution in [1.29, 1.82) is 0 Å². The van der Waals surface area contributed by atoms with Gasteiger partial charge in [0.15, 0.2) is 5.65 Å². The first-order chi connectivity index (χ1) is 20.8. The second kappa shape index (κ2) is 7.86. The topological polar surface area (TPSA) is 60.9 Å². The Morgan fingerprint density at radius 1 is 0.500 bits per heavy atom. The first kappa shape index (κ1) is 21.9. The van der Waals surface area contributed by atoms with Gasteiger partial charge >= 0.3 is 0 Å². The first-order valence-corrected chi connectivity index (χ1v) is 14.0. The van der Waals surface area contributed by atoms with Gasteiger partial charge in [-0.15, -0.1) is 0 Å². The minimum atomic E-state index is 0.867. The Kier molecular flexibility index (Phi) is 4.10. The summed E-state index contributed by atoms with van der Waals surface area (Å²) in [6, 6.07) is 36.5. The summed E-state index contributed by atoms with van der Waals surface area (Å²) in [4.78, 5) is 19.0. The fourth-order valence-corrected chi connectivity index (χ4v) is 6.80. The summed E-state index contributed by atoms with van der Waals surface area (Å²) in [5, 5.41) is 5.89. The molecule has 5 aromatic heterocycles. The highest BCUT2D eigenvalue weighted by molar-refractivity contribution is 6.26. The minimum Gasteiger partial charge on any atom is -0.309 e. The Bertz CT molecular complexity index is 2670. The predicted octanol–water partition coefficient (Wildman–Crippen LogP) is 8.33. The maximum atomic E-state index is 5.19. The van der Waals surface area contributed by atoms with Crippen molar-refractivity contribution in [2.24, 2.45) is 0 Å². The molecule has 0 N–H and O–H groups in total. The van der Waals surface area contributed by atoms with E-state index in [4.69, 9.17) is 9.97 Å². The lowest BCUT2D eigenvalue weighted by Gasteiger charge is -2.08. The van der Waals surface area contributed by atoms with Gasteiger partial charge in [-0.05, 0) is 60.2 Å². The third kappa shape index (κ3) is 2.78. The lowest BCUT2D eigenvalue weighted by Crippen LogP contribution is -1.93. The monoisotopic (exact) mass is 536 g/mol. The van der Waals surface area contributed by atoms with E-state index in [1.54, 1.807) is 6.33 Å². The lowest BCUT2D eigenvalue weighted by molar-refractivity contribution is 1.17. The van der Waals surface area contributed by atoms with Crippen molar-refractivity contribution in [3.63, 3.8) is 0 Å². The van der Waals surface area contributed by atoms with Gasteiger partial charge in [-0.3, -0.25) is 4.40 Å². The number of hydrogen-bond acceptors (Lipinski definition) is 4. The molecule has 6 nitrogen and oxygen atoms in total. The molecule has 10 aromatic rings. The molecule has 0 saturated carbocycles. The quantitative estimate of drug-likeness (QED) is 0.223. The van der Waals surface area contributed by atoms with Crippen LogP contribution >= 0.6 is 0 Å². The van der Waals surface area contributed by atoms with Crippen molar-refractivity contribution >= 4 is 71.2 Å². The van der Waals surface area contributed by atoms with Crippen molar-refractivity contribution in [2.75, 3.05) is 0 Å². The molecule has 0 spiro atoms. The van der Waals surface area contributed by atoms with Crippen molar-refractivity contribution in [3.8, 4) is 16.8 Å². The van der Waals surface area contributed by atoms with Crippen LogP contribution in [-0.4, -0.2) is 28.9 Å². The zero-order valence-corrected chi connectivity index (χ0v) is 22.2. The maximum Gasteiger partial charge on any atom is 0.165 e. The third-order valence-electron chi connectivity index (χ3n) is 8.58. The Balaban J connectivity index is 1.45. The molecule has 42 heavy (non-hydrogen) atoms. The second-order valence-electron chi connectivity index (χ2n) is 10.8. The van der Waals surface area contributed by atoms with Gasteiger partial charge in [0.05, 0.1) is 33.1 Å². The van der Waals surface area contributed by atoms with Crippen molar-refractivity contribution in [3.05, 3.63) is 122 Å². The van der Waals surface area contributed by atoms with Crippen LogP contribution in [0.15, 0.2) is 122 Å². The molecule has 0 atom stereocenters. The summed E-state index contributed by atoms with van der Waals surface area (Å²) in [7, 11) is 0. The van der Waals surface area contributed by atoms with Gasteiger partial charge in [-0.1, -0.05) is 48.5 Å². The fraction of sp³-hybridized carbons (Fsp3) is 0. The molecule has 0 aliphatic heterocycles. The largest absolute Gasteiger partial charge is 0.309 e. The first-order valence-electron chi connectivity index (χ1n) is 14.0. The summed E-state index contributed by atoms with van der Waals surface area (Å²) in [6.07, 6.45) is 5.31. The number of aromatic nitrogens is 6. The fourth-order valence-electron chi connectivity index (χ4n) is 6.80. The van der Waals surface area contributed by atoms with Crippen molar-refractivity contribution in [1.82, 2.24) is 28.9 Å². The number of benzene rings is 5. The van der Waals surface area contributed by atoms with Crippen LogP contribution in [0.4, 0.5) is 0 Å². The average molecular weight is 537 g/mol. The van der Waals surface area contributed by atoms with Crippen LogP contribution in [0.5, 0.6) is 0 Å². The Labute approximate surface area is 238 Å². The number of para-hydroxylation sites is 4. The molecule has 0 fully saturated rings. The molecule has 0 bridgehead atoms. The molecule has 0 amide bonds. The van der Waals surface area contributed by atoms with E-state index in [-0.39, 0.29) is 0 Å². The van der Waals surface area contributed by atoms with Crippen LogP contribution in [0.2, 0.25) is 0 Å². The van der Waals surface area contributed by atoms with E-state index in [2.05, 4.69) is 97.8 Å². The van der Waals surface area contributed by atoms with E-state index in [9.17, 15) is 0 Å². The number of fused-ring (bicyclic) bond motifs is 10. The predicted molar refractivity (Wildman–Crippen MR) is 170 cm³/mol. The van der Waals surface area contributed by atoms with Gasteiger partial charge in [-0.2, -0.15) is 0 Å². The SMILES string of the molecule is c1ccc(-n2c3ccccc3c3cc4c5cc(-c6cncnc6)cc6c7nc8ccccc8nc7n(c4cc32)c56)cc1. The highest BCUT2D eigenvalue weighted by Gasteiger charge is 2.23. The smallest absolute Gasteiger partial charge is 0.165 e. The number of hydrogen-bond donors (Lipinski definition) is 0. The van der Waals surface area contributed by atoms with Gasteiger partial charge in [-0.25, -0.2) is 19.9 Å². The third-order valence-corrected chi connectivity index (χ3v) is 8.58. The second-order valence-corrected chi connectivity index (χ2v) is 10.8. The normalized spacial score (nSPS) is 12.3. The molecule has 0 aliphatic carbocycles. The molecule has 10 rings (SSSR count). The average Bonchev–Trinajstić information content (AvgIpc) is 3.67. The van der Waals surface area contributed by atoms with Crippen LogP contribution in [0, 0.1) is 0 Å². The van der Waals surface area contributed by atoms with Gasteiger partial charge in [0, 0.05) is 50.6 Å². The number of nitrogens with zero attached hydrogens (tertiary/aromatic N) is 6. The van der Waals surface area contributed by atoms with E-state index < -0.39 is 0 Å². The van der Waals surface area contributed by atoms with Gasteiger partial charge in [0.1, 0.15) is 11.8 Å². The van der Waals surface area contributed by atoms with Crippen LogP contribution < -0.4 is 0 Å². The highest BCUT2D eigenvalue weighted by Crippen LogP contribution is 2.43. The summed E-state index contributed by atoms with van der Waals surface area (Å²) in [5.74, 6) is 0. The molecule has 0 saturated heterocycles. The summed E-state index contributed by atoms with van der Waals surface area (Å²) in [5.41, 5.74) is 11.3. The number of rotatable bonds is 2. The Morgan fingerprint density at radius 2 is 1.21 bits per heavy atom. The van der Waals surface area contributed by atoms with E-state index in [1.807, 2.05) is 36.7 Å². The van der Waals surface area contributed by atoms with E-state index in [1.165, 1.54) is 27.1 Å². The maximum absolute atomic E-state index is 5.19. The Morgan fingerprint density at radius 3 is 2.07 bits per heavy atom. The van der Waals surface area contributed by atoms with Crippen molar-refractivity contribution < 1.29 is 0 Å². The standard InChI is InChI=1S/C36H20N6/c1-2-8-23(9-3-1)41-31-13-7-4-10-24(31)25-16-26-27-14-21(22-18-37-20-38-19-22)15-28-34-36(40-30-12-6-5-11-29(30)39-34)42(35(27)28)33(26)17-32(25)41/h1-20H. The molecule has 0 aliphatic rings. The molecule has 5 aromatic carbocycles. The van der Waals surface area contributed by atoms with Crippen LogP contribution in [0.25, 0.3) is 88.0 Å². The summed E-state index contributed by atoms with van der Waals surface area (Å²) < 4.78 is 4.68. The van der Waals surface area contributed by atoms with Gasteiger partial charge < -0.3 is 4.57 Å². The van der Waals surface area contributed by atoms with Crippen molar-refractivity contribution in [2.45, 2.75) is 0 Å². The summed E-state index contributed by atoms with van der Waals surface area (Å²) in [6.45, 7) is 0. The van der Waals surface area contributed by atoms with Crippen LogP contribution in [0.3, 0.4) is 0 Å². The zero-order chi connectivity index (χ0) is 27.4. The van der Waals surface area contributed by atoms with Gasteiger partial charge in [0.25, 0.3) is 0 Å². The summed E-state index contributed by atoms with van der Waals surface area (Å²) >= 11 is 0. The molecule has 6 heteroatoms. The zero-order valence-electron chi connectivity index (χ0n) is 22.2.